The molecule has 1 unspecified atom stereocenters. The van der Waals surface area contributed by atoms with Crippen LogP contribution < -0.4 is 5.32 Å². The normalized spacial score (nSPS) is 15.5. The van der Waals surface area contributed by atoms with E-state index in [1.807, 2.05) is 42.5 Å². The molecule has 1 heterocycles. The minimum atomic E-state index is -0.149. The largest absolute Gasteiger partial charge is 0.326 e. The number of nitrogens with one attached hydrogen (secondary N) is 1. The van der Waals surface area contributed by atoms with Gasteiger partial charge in [-0.1, -0.05) is 42.5 Å². The highest BCUT2D eigenvalue weighted by Crippen LogP contribution is 2.32. The minimum Gasteiger partial charge on any atom is -0.326 e. The van der Waals surface area contributed by atoms with Crippen LogP contribution in [-0.4, -0.2) is 5.91 Å². The van der Waals surface area contributed by atoms with Gasteiger partial charge >= 0.3 is 0 Å². The Morgan fingerprint density at radius 3 is 2.58 bits per heavy atom. The number of halogens is 1. The monoisotopic (exact) mass is 271 g/mol. The maximum atomic E-state index is 11.3. The molecule has 0 saturated carbocycles. The van der Waals surface area contributed by atoms with Crippen molar-refractivity contribution in [3.63, 3.8) is 0 Å². The lowest BCUT2D eigenvalue weighted by molar-refractivity contribution is -0.116. The summed E-state index contributed by atoms with van der Waals surface area (Å²) >= 11 is 6.52. The molecule has 0 fully saturated rings. The summed E-state index contributed by atoms with van der Waals surface area (Å²) in [5.74, 6) is 0.0886. The molecule has 2 nitrogen and oxygen atoms in total. The average Bonchev–Trinajstić information content (AvgIpc) is 2.47. The van der Waals surface area contributed by atoms with E-state index in [4.69, 9.17) is 11.6 Å². The predicted molar refractivity (Wildman–Crippen MR) is 77.5 cm³/mol. The predicted octanol–water partition coefficient (Wildman–Crippen LogP) is 3.90. The van der Waals surface area contributed by atoms with Crippen LogP contribution in [0.5, 0.6) is 0 Å². The number of alkyl halides is 1. The molecule has 96 valence electrons. The quantitative estimate of drug-likeness (QED) is 0.825. The lowest BCUT2D eigenvalue weighted by Gasteiger charge is -2.19. The summed E-state index contributed by atoms with van der Waals surface area (Å²) < 4.78 is 0. The number of amides is 1. The van der Waals surface area contributed by atoms with Gasteiger partial charge < -0.3 is 5.32 Å². The molecule has 2 aromatic rings. The number of benzene rings is 2. The number of anilines is 1. The molecule has 3 rings (SSSR count). The molecule has 3 heteroatoms. The van der Waals surface area contributed by atoms with E-state index in [1.54, 1.807) is 0 Å². The van der Waals surface area contributed by atoms with E-state index in [0.717, 1.165) is 23.2 Å². The van der Waals surface area contributed by atoms with Crippen molar-refractivity contribution >= 4 is 23.2 Å². The summed E-state index contributed by atoms with van der Waals surface area (Å²) in [4.78, 5) is 11.3. The van der Waals surface area contributed by atoms with E-state index in [9.17, 15) is 4.79 Å². The van der Waals surface area contributed by atoms with Gasteiger partial charge in [0, 0.05) is 12.1 Å². The van der Waals surface area contributed by atoms with Crippen molar-refractivity contribution in [1.29, 1.82) is 0 Å². The average molecular weight is 272 g/mol. The van der Waals surface area contributed by atoms with Crippen molar-refractivity contribution in [2.75, 3.05) is 5.32 Å². The molecule has 1 aliphatic heterocycles. The Balaban J connectivity index is 1.92. The molecule has 1 amide bonds. The van der Waals surface area contributed by atoms with Gasteiger partial charge in [0.15, 0.2) is 0 Å². The molecule has 0 radical (unpaired) electrons. The fraction of sp³-hybridized carbons (Fsp3) is 0.188. The molecular weight excluding hydrogens is 258 g/mol. The Morgan fingerprint density at radius 2 is 1.79 bits per heavy atom. The van der Waals surface area contributed by atoms with Gasteiger partial charge in [0.2, 0.25) is 5.91 Å². The van der Waals surface area contributed by atoms with Gasteiger partial charge in [-0.05, 0) is 29.2 Å². The maximum absolute atomic E-state index is 11.3. The first-order valence-corrected chi connectivity index (χ1v) is 6.79. The molecule has 0 bridgehead atoms. The van der Waals surface area contributed by atoms with Crippen LogP contribution >= 0.6 is 11.6 Å². The Kier molecular flexibility index (Phi) is 3.26. The Labute approximate surface area is 117 Å². The Hall–Kier alpha value is -1.80. The number of rotatable bonds is 2. The van der Waals surface area contributed by atoms with Crippen molar-refractivity contribution in [1.82, 2.24) is 0 Å². The number of carbonyl (C=O) groups is 1. The van der Waals surface area contributed by atoms with E-state index in [2.05, 4.69) is 11.4 Å². The summed E-state index contributed by atoms with van der Waals surface area (Å²) in [7, 11) is 0. The standard InChI is InChI=1S/C16H14ClNO/c17-16(11-4-2-1-3-5-11)13-6-8-14-12(10-13)7-9-15(19)18-14/h1-6,8,10,16H,7,9H2,(H,18,19). The summed E-state index contributed by atoms with van der Waals surface area (Å²) in [5, 5.41) is 2.73. The van der Waals surface area contributed by atoms with Gasteiger partial charge in [0.25, 0.3) is 0 Å². The first kappa shape index (κ1) is 12.2. The fourth-order valence-electron chi connectivity index (χ4n) is 2.38. The summed E-state index contributed by atoms with van der Waals surface area (Å²) in [6.07, 6.45) is 1.34. The number of hydrogen-bond acceptors (Lipinski definition) is 1. The van der Waals surface area contributed by atoms with Gasteiger partial charge in [0.05, 0.1) is 5.38 Å². The molecule has 1 atom stereocenters. The zero-order chi connectivity index (χ0) is 13.2. The number of carbonyl (C=O) groups excluding carboxylic acids is 1. The topological polar surface area (TPSA) is 29.1 Å². The van der Waals surface area contributed by atoms with Crippen molar-refractivity contribution in [2.45, 2.75) is 18.2 Å². The highest BCUT2D eigenvalue weighted by molar-refractivity contribution is 6.22. The van der Waals surface area contributed by atoms with Gasteiger partial charge in [-0.2, -0.15) is 0 Å². The summed E-state index contributed by atoms with van der Waals surface area (Å²) in [5.41, 5.74) is 4.24. The van der Waals surface area contributed by atoms with Crippen LogP contribution in [0, 0.1) is 0 Å². The number of fused-ring (bicyclic) bond motifs is 1. The number of hydrogen-bond donors (Lipinski definition) is 1. The SMILES string of the molecule is O=C1CCc2cc(C(Cl)c3ccccc3)ccc2N1. The molecule has 0 aromatic heterocycles. The van der Waals surface area contributed by atoms with Crippen LogP contribution in [-0.2, 0) is 11.2 Å². The zero-order valence-electron chi connectivity index (χ0n) is 10.4. The van der Waals surface area contributed by atoms with Crippen LogP contribution in [0.15, 0.2) is 48.5 Å². The van der Waals surface area contributed by atoms with Gasteiger partial charge in [-0.25, -0.2) is 0 Å². The number of aryl methyl sites for hydroxylation is 1. The Morgan fingerprint density at radius 1 is 1.00 bits per heavy atom. The van der Waals surface area contributed by atoms with E-state index < -0.39 is 0 Å². The lowest BCUT2D eigenvalue weighted by Crippen LogP contribution is -2.19. The fourth-order valence-corrected chi connectivity index (χ4v) is 2.66. The first-order valence-electron chi connectivity index (χ1n) is 6.36. The van der Waals surface area contributed by atoms with Crippen molar-refractivity contribution < 1.29 is 4.79 Å². The highest BCUT2D eigenvalue weighted by Gasteiger charge is 2.17. The van der Waals surface area contributed by atoms with Crippen molar-refractivity contribution in [3.05, 3.63) is 65.2 Å². The second kappa shape index (κ2) is 5.06. The molecule has 1 aliphatic rings. The van der Waals surface area contributed by atoms with Crippen LogP contribution in [0.2, 0.25) is 0 Å². The molecule has 0 aliphatic carbocycles. The third kappa shape index (κ3) is 2.49. The van der Waals surface area contributed by atoms with Crippen LogP contribution in [0.3, 0.4) is 0 Å². The van der Waals surface area contributed by atoms with E-state index in [0.29, 0.717) is 6.42 Å². The second-order valence-corrected chi connectivity index (χ2v) is 5.17. The molecular formula is C16H14ClNO. The van der Waals surface area contributed by atoms with E-state index in [1.165, 1.54) is 5.56 Å². The van der Waals surface area contributed by atoms with Gasteiger partial charge in [-0.3, -0.25) is 4.79 Å². The smallest absolute Gasteiger partial charge is 0.224 e. The molecule has 19 heavy (non-hydrogen) atoms. The molecule has 0 saturated heterocycles. The third-order valence-corrected chi connectivity index (χ3v) is 3.91. The third-order valence-electron chi connectivity index (χ3n) is 3.41. The molecule has 2 aromatic carbocycles. The zero-order valence-corrected chi connectivity index (χ0v) is 11.2. The van der Waals surface area contributed by atoms with E-state index in [-0.39, 0.29) is 11.3 Å². The van der Waals surface area contributed by atoms with Crippen LogP contribution in [0.25, 0.3) is 0 Å². The van der Waals surface area contributed by atoms with Gasteiger partial charge in [0.1, 0.15) is 0 Å². The Bertz CT molecular complexity index is 609. The summed E-state index contributed by atoms with van der Waals surface area (Å²) in [6, 6.07) is 16.0. The van der Waals surface area contributed by atoms with E-state index >= 15 is 0 Å². The lowest BCUT2D eigenvalue weighted by atomic mass is 9.97. The second-order valence-electron chi connectivity index (χ2n) is 4.74. The van der Waals surface area contributed by atoms with Crippen molar-refractivity contribution in [2.24, 2.45) is 0 Å². The first-order chi connectivity index (χ1) is 9.24. The van der Waals surface area contributed by atoms with Crippen molar-refractivity contribution in [3.8, 4) is 0 Å². The van der Waals surface area contributed by atoms with Crippen LogP contribution in [0.4, 0.5) is 5.69 Å². The molecule has 0 spiro atoms. The minimum absolute atomic E-state index is 0.0886. The van der Waals surface area contributed by atoms with Crippen LogP contribution in [0.1, 0.15) is 28.5 Å². The highest BCUT2D eigenvalue weighted by atomic mass is 35.5. The summed E-state index contributed by atoms with van der Waals surface area (Å²) in [6.45, 7) is 0. The molecule has 1 N–H and O–H groups in total. The van der Waals surface area contributed by atoms with Gasteiger partial charge in [-0.15, -0.1) is 11.6 Å². The maximum Gasteiger partial charge on any atom is 0.224 e.